The normalized spacial score (nSPS) is 23.8. The zero-order chi connectivity index (χ0) is 20.7. The van der Waals surface area contributed by atoms with Gasteiger partial charge in [-0.3, -0.25) is 14.5 Å². The largest absolute Gasteiger partial charge is 0.423 e. The summed E-state index contributed by atoms with van der Waals surface area (Å²) in [7, 11) is 0. The van der Waals surface area contributed by atoms with Crippen LogP contribution in [0.4, 0.5) is 5.69 Å². The van der Waals surface area contributed by atoms with Gasteiger partial charge in [0, 0.05) is 0 Å². The highest BCUT2D eigenvalue weighted by molar-refractivity contribution is 6.22. The Kier molecular flexibility index (Phi) is 4.99. The maximum Gasteiger partial charge on any atom is 0.343 e. The first kappa shape index (κ1) is 19.4. The SMILES string of the molecule is Cc1cccc(OC(=O)c2cccc(N3C(=O)[C@H]4C[C@@H](C)CC[C@H]4C3=O)c2)c1C. The molecule has 0 bridgehead atoms. The van der Waals surface area contributed by atoms with E-state index in [1.165, 1.54) is 4.90 Å². The minimum atomic E-state index is -0.509. The lowest BCUT2D eigenvalue weighted by molar-refractivity contribution is -0.122. The van der Waals surface area contributed by atoms with Crippen molar-refractivity contribution in [3.05, 3.63) is 59.2 Å². The fourth-order valence-corrected chi connectivity index (χ4v) is 4.41. The summed E-state index contributed by atoms with van der Waals surface area (Å²) >= 11 is 0. The maximum atomic E-state index is 12.9. The van der Waals surface area contributed by atoms with E-state index in [0.29, 0.717) is 22.9 Å². The molecule has 3 atom stereocenters. The van der Waals surface area contributed by atoms with Gasteiger partial charge in [-0.15, -0.1) is 0 Å². The zero-order valence-corrected chi connectivity index (χ0v) is 17.0. The summed E-state index contributed by atoms with van der Waals surface area (Å²) in [6.07, 6.45) is 2.47. The first-order chi connectivity index (χ1) is 13.9. The number of rotatable bonds is 3. The molecule has 2 aromatic rings. The Balaban J connectivity index is 1.59. The van der Waals surface area contributed by atoms with Gasteiger partial charge >= 0.3 is 5.97 Å². The quantitative estimate of drug-likeness (QED) is 0.441. The van der Waals surface area contributed by atoms with Crippen LogP contribution in [0.2, 0.25) is 0 Å². The summed E-state index contributed by atoms with van der Waals surface area (Å²) in [6, 6.07) is 12.1. The van der Waals surface area contributed by atoms with E-state index in [1.54, 1.807) is 30.3 Å². The molecule has 150 valence electrons. The number of hydrogen-bond acceptors (Lipinski definition) is 4. The van der Waals surface area contributed by atoms with Crippen molar-refractivity contribution in [2.75, 3.05) is 4.90 Å². The van der Waals surface area contributed by atoms with Crippen molar-refractivity contribution in [2.45, 2.75) is 40.0 Å². The fraction of sp³-hybridized carbons (Fsp3) is 0.375. The number of benzene rings is 2. The third kappa shape index (κ3) is 3.46. The van der Waals surface area contributed by atoms with E-state index in [-0.39, 0.29) is 23.7 Å². The summed E-state index contributed by atoms with van der Waals surface area (Å²) in [5, 5.41) is 0. The number of nitrogens with zero attached hydrogens (tertiary/aromatic N) is 1. The smallest absolute Gasteiger partial charge is 0.343 e. The molecule has 0 N–H and O–H groups in total. The molecule has 1 heterocycles. The van der Waals surface area contributed by atoms with Crippen LogP contribution in [0.25, 0.3) is 0 Å². The number of carbonyl (C=O) groups is 3. The Morgan fingerprint density at radius 2 is 1.72 bits per heavy atom. The van der Waals surface area contributed by atoms with Gasteiger partial charge in [-0.2, -0.15) is 0 Å². The zero-order valence-electron chi connectivity index (χ0n) is 17.0. The average Bonchev–Trinajstić information content (AvgIpc) is 2.95. The van der Waals surface area contributed by atoms with Gasteiger partial charge < -0.3 is 4.74 Å². The Labute approximate surface area is 170 Å². The Bertz CT molecular complexity index is 996. The second-order valence-electron chi connectivity index (χ2n) is 8.28. The van der Waals surface area contributed by atoms with Crippen molar-refractivity contribution >= 4 is 23.5 Å². The highest BCUT2D eigenvalue weighted by Crippen LogP contribution is 2.42. The molecule has 2 amide bonds. The number of imide groups is 1. The molecule has 29 heavy (non-hydrogen) atoms. The van der Waals surface area contributed by atoms with Gasteiger partial charge in [-0.1, -0.05) is 25.1 Å². The third-order valence-electron chi connectivity index (χ3n) is 6.29. The molecule has 1 saturated heterocycles. The van der Waals surface area contributed by atoms with E-state index in [2.05, 4.69) is 6.92 Å². The molecule has 2 aliphatic rings. The van der Waals surface area contributed by atoms with Crippen LogP contribution in [0.3, 0.4) is 0 Å². The second kappa shape index (κ2) is 7.47. The van der Waals surface area contributed by atoms with E-state index in [0.717, 1.165) is 30.4 Å². The molecule has 5 nitrogen and oxygen atoms in total. The van der Waals surface area contributed by atoms with Crippen LogP contribution < -0.4 is 9.64 Å². The summed E-state index contributed by atoms with van der Waals surface area (Å²) in [6.45, 7) is 5.98. The highest BCUT2D eigenvalue weighted by atomic mass is 16.5. The molecule has 2 aromatic carbocycles. The number of anilines is 1. The molecule has 0 radical (unpaired) electrons. The number of carbonyl (C=O) groups excluding carboxylic acids is 3. The number of esters is 1. The highest BCUT2D eigenvalue weighted by Gasteiger charge is 2.50. The molecule has 2 fully saturated rings. The van der Waals surface area contributed by atoms with E-state index in [4.69, 9.17) is 4.74 Å². The van der Waals surface area contributed by atoms with Crippen molar-refractivity contribution in [3.8, 4) is 5.75 Å². The molecule has 4 rings (SSSR count). The Morgan fingerprint density at radius 3 is 2.52 bits per heavy atom. The maximum absolute atomic E-state index is 12.9. The van der Waals surface area contributed by atoms with Crippen molar-refractivity contribution in [3.63, 3.8) is 0 Å². The topological polar surface area (TPSA) is 63.7 Å². The monoisotopic (exact) mass is 391 g/mol. The Morgan fingerprint density at radius 1 is 1.00 bits per heavy atom. The van der Waals surface area contributed by atoms with Crippen LogP contribution in [-0.4, -0.2) is 17.8 Å². The molecular weight excluding hydrogens is 366 g/mol. The molecule has 0 aromatic heterocycles. The minimum Gasteiger partial charge on any atom is -0.423 e. The van der Waals surface area contributed by atoms with Gasteiger partial charge in [-0.05, 0) is 74.4 Å². The standard InChI is InChI=1S/C24H25NO4/c1-14-10-11-19-20(12-14)23(27)25(22(19)26)18-8-5-7-17(13-18)24(28)29-21-9-4-6-15(2)16(21)3/h4-9,13-14,19-20H,10-12H2,1-3H3/t14-,19+,20-/m0/s1. The van der Waals surface area contributed by atoms with Crippen LogP contribution in [0.5, 0.6) is 5.75 Å². The van der Waals surface area contributed by atoms with Crippen LogP contribution in [0.1, 0.15) is 47.7 Å². The molecule has 1 aliphatic heterocycles. The van der Waals surface area contributed by atoms with Crippen LogP contribution in [-0.2, 0) is 9.59 Å². The van der Waals surface area contributed by atoms with Gasteiger partial charge in [-0.25, -0.2) is 4.79 Å². The first-order valence-electron chi connectivity index (χ1n) is 10.1. The average molecular weight is 391 g/mol. The minimum absolute atomic E-state index is 0.146. The van der Waals surface area contributed by atoms with E-state index < -0.39 is 5.97 Å². The number of aryl methyl sites for hydroxylation is 1. The van der Waals surface area contributed by atoms with Crippen LogP contribution in [0, 0.1) is 31.6 Å². The third-order valence-corrected chi connectivity index (χ3v) is 6.29. The first-order valence-corrected chi connectivity index (χ1v) is 10.1. The molecule has 0 unspecified atom stereocenters. The van der Waals surface area contributed by atoms with E-state index in [9.17, 15) is 14.4 Å². The van der Waals surface area contributed by atoms with Crippen molar-refractivity contribution in [1.29, 1.82) is 0 Å². The second-order valence-corrected chi connectivity index (χ2v) is 8.28. The van der Waals surface area contributed by atoms with Crippen molar-refractivity contribution in [2.24, 2.45) is 17.8 Å². The van der Waals surface area contributed by atoms with Crippen molar-refractivity contribution < 1.29 is 19.1 Å². The van der Waals surface area contributed by atoms with Gasteiger partial charge in [0.1, 0.15) is 5.75 Å². The summed E-state index contributed by atoms with van der Waals surface area (Å²) in [5.41, 5.74) is 2.69. The fourth-order valence-electron chi connectivity index (χ4n) is 4.41. The van der Waals surface area contributed by atoms with Crippen LogP contribution in [0.15, 0.2) is 42.5 Å². The van der Waals surface area contributed by atoms with Crippen molar-refractivity contribution in [1.82, 2.24) is 0 Å². The van der Waals surface area contributed by atoms with Gasteiger partial charge in [0.25, 0.3) is 0 Å². The van der Waals surface area contributed by atoms with Gasteiger partial charge in [0.15, 0.2) is 0 Å². The van der Waals surface area contributed by atoms with Gasteiger partial charge in [0.05, 0.1) is 23.1 Å². The molecule has 5 heteroatoms. The van der Waals surface area contributed by atoms with Gasteiger partial charge in [0.2, 0.25) is 11.8 Å². The molecule has 1 saturated carbocycles. The predicted molar refractivity (Wildman–Crippen MR) is 110 cm³/mol. The summed E-state index contributed by atoms with van der Waals surface area (Å²) in [4.78, 5) is 39.8. The lowest BCUT2D eigenvalue weighted by atomic mass is 9.76. The van der Waals surface area contributed by atoms with E-state index in [1.807, 2.05) is 26.0 Å². The molecular formula is C24H25NO4. The summed E-state index contributed by atoms with van der Waals surface area (Å²) < 4.78 is 5.56. The molecule has 1 aliphatic carbocycles. The van der Waals surface area contributed by atoms with E-state index >= 15 is 0 Å². The summed E-state index contributed by atoms with van der Waals surface area (Å²) in [5.74, 6) is -0.314. The number of ether oxygens (including phenoxy) is 1. The Hall–Kier alpha value is -2.95. The molecule has 0 spiro atoms. The number of hydrogen-bond donors (Lipinski definition) is 0. The number of fused-ring (bicyclic) bond motifs is 1. The lowest BCUT2D eigenvalue weighted by Crippen LogP contribution is -2.31. The predicted octanol–water partition coefficient (Wildman–Crippen LogP) is 4.45. The number of amides is 2. The van der Waals surface area contributed by atoms with Crippen LogP contribution >= 0.6 is 0 Å². The lowest BCUT2D eigenvalue weighted by Gasteiger charge is -2.25.